The van der Waals surface area contributed by atoms with Gasteiger partial charge in [-0.25, -0.2) is 12.4 Å². The number of alkyl halides is 3. The van der Waals surface area contributed by atoms with Crippen molar-refractivity contribution in [2.75, 3.05) is 0 Å². The molecule has 0 saturated heterocycles. The van der Waals surface area contributed by atoms with E-state index < -0.39 is 21.8 Å². The maximum Gasteiger partial charge on any atom is 0.418 e. The second-order valence-electron chi connectivity index (χ2n) is 6.34. The molecule has 0 radical (unpaired) electrons. The molecule has 1 aromatic heterocycles. The molecule has 0 fully saturated rings. The van der Waals surface area contributed by atoms with E-state index in [0.29, 0.717) is 17.0 Å². The first kappa shape index (κ1) is 17.6. The van der Waals surface area contributed by atoms with Crippen LogP contribution in [-0.4, -0.2) is 12.4 Å². The van der Waals surface area contributed by atoms with Crippen LogP contribution in [-0.2, 0) is 16.2 Å². The van der Waals surface area contributed by atoms with Crippen molar-refractivity contribution in [2.24, 2.45) is 0 Å². The van der Waals surface area contributed by atoms with Gasteiger partial charge < -0.3 is 0 Å². The predicted octanol–water partition coefficient (Wildman–Crippen LogP) is 5.36. The molecule has 0 aliphatic heterocycles. The third-order valence-corrected chi connectivity index (χ3v) is 6.21. The van der Waals surface area contributed by atoms with Gasteiger partial charge >= 0.3 is 6.18 Å². The van der Waals surface area contributed by atoms with E-state index in [2.05, 4.69) is 0 Å². The Balaban J connectivity index is 2.14. The zero-order valence-corrected chi connectivity index (χ0v) is 15.0. The van der Waals surface area contributed by atoms with Gasteiger partial charge in [-0.3, -0.25) is 0 Å². The third kappa shape index (κ3) is 2.78. The Morgan fingerprint density at radius 3 is 2.19 bits per heavy atom. The topological polar surface area (TPSA) is 39.1 Å². The summed E-state index contributed by atoms with van der Waals surface area (Å²) in [5.74, 6) is 0. The molecule has 0 bridgehead atoms. The summed E-state index contributed by atoms with van der Waals surface area (Å²) in [4.78, 5) is -0.0633. The van der Waals surface area contributed by atoms with Crippen LogP contribution >= 0.6 is 0 Å². The van der Waals surface area contributed by atoms with Gasteiger partial charge in [-0.15, -0.1) is 0 Å². The highest BCUT2D eigenvalue weighted by molar-refractivity contribution is 7.90. The summed E-state index contributed by atoms with van der Waals surface area (Å²) >= 11 is 0. The van der Waals surface area contributed by atoms with Gasteiger partial charge in [0.1, 0.15) is 0 Å². The number of aryl methyl sites for hydroxylation is 1. The average Bonchev–Trinajstić information content (AvgIpc) is 3.03. The van der Waals surface area contributed by atoms with Crippen molar-refractivity contribution < 1.29 is 21.6 Å². The molecule has 7 heteroatoms. The first-order chi connectivity index (χ1) is 12.7. The summed E-state index contributed by atoms with van der Waals surface area (Å²) < 4.78 is 67.7. The smallest absolute Gasteiger partial charge is 0.240 e. The minimum absolute atomic E-state index is 0.0287. The van der Waals surface area contributed by atoms with E-state index in [-0.39, 0.29) is 15.8 Å². The summed E-state index contributed by atoms with van der Waals surface area (Å²) in [5.41, 5.74) is -0.0901. The van der Waals surface area contributed by atoms with Crippen LogP contribution < -0.4 is 0 Å². The van der Waals surface area contributed by atoms with Gasteiger partial charge in [0.2, 0.25) is 0 Å². The molecule has 0 spiro atoms. The number of fused-ring (bicyclic) bond motifs is 3. The van der Waals surface area contributed by atoms with Crippen molar-refractivity contribution >= 4 is 31.7 Å². The quantitative estimate of drug-likeness (QED) is 0.463. The van der Waals surface area contributed by atoms with Crippen LogP contribution in [0.2, 0.25) is 0 Å². The number of hydrogen-bond acceptors (Lipinski definition) is 2. The lowest BCUT2D eigenvalue weighted by Gasteiger charge is -2.09. The predicted molar refractivity (Wildman–Crippen MR) is 98.2 cm³/mol. The fourth-order valence-electron chi connectivity index (χ4n) is 3.20. The van der Waals surface area contributed by atoms with Crippen LogP contribution in [0, 0.1) is 6.92 Å². The molecule has 0 atom stereocenters. The lowest BCUT2D eigenvalue weighted by Crippen LogP contribution is -2.12. The SMILES string of the molecule is Cc1ccc(S(=O)(=O)n2cc(C(F)(F)F)c3ccc4ccccc4c32)cc1. The first-order valence-electron chi connectivity index (χ1n) is 8.12. The molecule has 0 unspecified atom stereocenters. The van der Waals surface area contributed by atoms with Crippen LogP contribution in [0.3, 0.4) is 0 Å². The summed E-state index contributed by atoms with van der Waals surface area (Å²) in [6.45, 7) is 1.80. The van der Waals surface area contributed by atoms with Crippen molar-refractivity contribution in [3.05, 3.63) is 78.0 Å². The van der Waals surface area contributed by atoms with Gasteiger partial charge in [0.15, 0.2) is 0 Å². The zero-order valence-electron chi connectivity index (χ0n) is 14.2. The van der Waals surface area contributed by atoms with E-state index in [1.807, 2.05) is 0 Å². The molecule has 3 nitrogen and oxygen atoms in total. The highest BCUT2D eigenvalue weighted by atomic mass is 32.2. The van der Waals surface area contributed by atoms with Gasteiger partial charge in [0.05, 0.1) is 16.0 Å². The van der Waals surface area contributed by atoms with E-state index >= 15 is 0 Å². The highest BCUT2D eigenvalue weighted by Crippen LogP contribution is 2.40. The van der Waals surface area contributed by atoms with Gasteiger partial charge in [-0.2, -0.15) is 13.2 Å². The van der Waals surface area contributed by atoms with E-state index in [4.69, 9.17) is 0 Å². The molecular weight excluding hydrogens is 375 g/mol. The molecule has 0 amide bonds. The fourth-order valence-corrected chi connectivity index (χ4v) is 4.59. The number of rotatable bonds is 2. The van der Waals surface area contributed by atoms with E-state index in [0.717, 1.165) is 9.54 Å². The van der Waals surface area contributed by atoms with Crippen LogP contribution in [0.1, 0.15) is 11.1 Å². The standard InChI is InChI=1S/C20H14F3NO2S/c1-13-6-9-15(10-7-13)27(25,26)24-12-18(20(21,22)23)17-11-8-14-4-2-3-5-16(14)19(17)24/h2-12H,1H3. The summed E-state index contributed by atoms with van der Waals surface area (Å²) in [6.07, 6.45) is -4.00. The molecule has 0 aliphatic rings. The minimum atomic E-state index is -4.67. The number of hydrogen-bond donors (Lipinski definition) is 0. The molecule has 27 heavy (non-hydrogen) atoms. The lowest BCUT2D eigenvalue weighted by molar-refractivity contribution is -0.136. The Kier molecular flexibility index (Phi) is 3.82. The van der Waals surface area contributed by atoms with E-state index in [1.165, 1.54) is 18.2 Å². The van der Waals surface area contributed by atoms with Crippen LogP contribution in [0.5, 0.6) is 0 Å². The van der Waals surface area contributed by atoms with Gasteiger partial charge in [-0.05, 0) is 24.4 Å². The van der Waals surface area contributed by atoms with Gasteiger partial charge in [-0.1, -0.05) is 54.1 Å². The van der Waals surface area contributed by atoms with Crippen molar-refractivity contribution in [3.63, 3.8) is 0 Å². The maximum atomic E-state index is 13.6. The zero-order chi connectivity index (χ0) is 19.4. The number of aromatic nitrogens is 1. The molecule has 4 rings (SSSR count). The Labute approximate surface area is 153 Å². The molecule has 1 heterocycles. The molecular formula is C20H14F3NO2S. The monoisotopic (exact) mass is 389 g/mol. The summed E-state index contributed by atoms with van der Waals surface area (Å²) in [6, 6.07) is 15.7. The Morgan fingerprint density at radius 2 is 1.52 bits per heavy atom. The van der Waals surface area contributed by atoms with Crippen molar-refractivity contribution in [1.82, 2.24) is 3.97 Å². The van der Waals surface area contributed by atoms with Crippen LogP contribution in [0.25, 0.3) is 21.7 Å². The molecule has 0 N–H and O–H groups in total. The van der Waals surface area contributed by atoms with Gasteiger partial charge in [0, 0.05) is 17.0 Å². The van der Waals surface area contributed by atoms with Crippen molar-refractivity contribution in [1.29, 1.82) is 0 Å². The second kappa shape index (κ2) is 5.85. The Morgan fingerprint density at radius 1 is 0.852 bits per heavy atom. The lowest BCUT2D eigenvalue weighted by atomic mass is 10.1. The van der Waals surface area contributed by atoms with Crippen LogP contribution in [0.15, 0.2) is 71.8 Å². The van der Waals surface area contributed by atoms with E-state index in [1.54, 1.807) is 49.4 Å². The number of halogens is 3. The molecule has 3 aromatic carbocycles. The summed E-state index contributed by atoms with van der Waals surface area (Å²) in [7, 11) is -4.20. The van der Waals surface area contributed by atoms with Crippen LogP contribution in [0.4, 0.5) is 13.2 Å². The molecule has 0 aliphatic carbocycles. The number of nitrogens with zero attached hydrogens (tertiary/aromatic N) is 1. The van der Waals surface area contributed by atoms with Crippen molar-refractivity contribution in [2.45, 2.75) is 18.0 Å². The van der Waals surface area contributed by atoms with Gasteiger partial charge in [0.25, 0.3) is 10.0 Å². The Bertz CT molecular complexity index is 1270. The molecule has 4 aromatic rings. The van der Waals surface area contributed by atoms with E-state index in [9.17, 15) is 21.6 Å². The molecule has 0 saturated carbocycles. The fraction of sp³-hybridized carbons (Fsp3) is 0.100. The summed E-state index contributed by atoms with van der Waals surface area (Å²) in [5, 5.41) is 0.968. The number of benzene rings is 3. The maximum absolute atomic E-state index is 13.6. The minimum Gasteiger partial charge on any atom is -0.240 e. The second-order valence-corrected chi connectivity index (χ2v) is 8.15. The Hall–Kier alpha value is -2.80. The third-order valence-electron chi connectivity index (χ3n) is 4.54. The van der Waals surface area contributed by atoms with Crippen molar-refractivity contribution in [3.8, 4) is 0 Å². The largest absolute Gasteiger partial charge is 0.418 e. The first-order valence-corrected chi connectivity index (χ1v) is 9.56. The average molecular weight is 389 g/mol. The normalized spacial score (nSPS) is 12.7. The highest BCUT2D eigenvalue weighted by Gasteiger charge is 2.36. The molecule has 138 valence electrons.